The van der Waals surface area contributed by atoms with E-state index in [1.54, 1.807) is 17.0 Å². The molecule has 1 aliphatic carbocycles. The Morgan fingerprint density at radius 2 is 2.00 bits per heavy atom. The quantitative estimate of drug-likeness (QED) is 0.871. The van der Waals surface area contributed by atoms with Gasteiger partial charge in [-0.3, -0.25) is 0 Å². The van der Waals surface area contributed by atoms with Gasteiger partial charge in [-0.2, -0.15) is 0 Å². The smallest absolute Gasteiger partial charge is 0.317 e. The van der Waals surface area contributed by atoms with Crippen LogP contribution in [0.2, 0.25) is 0 Å². The molecule has 1 aromatic carbocycles. The molecule has 0 spiro atoms. The number of rotatable bonds is 4. The van der Waals surface area contributed by atoms with Crippen LogP contribution in [0.3, 0.4) is 0 Å². The van der Waals surface area contributed by atoms with E-state index in [0.717, 1.165) is 36.8 Å². The zero-order valence-electron chi connectivity index (χ0n) is 14.2. The summed E-state index contributed by atoms with van der Waals surface area (Å²) in [7, 11) is -3.48. The van der Waals surface area contributed by atoms with Gasteiger partial charge in [0.05, 0.1) is 4.90 Å². The highest BCUT2D eigenvalue weighted by atomic mass is 32.2. The lowest BCUT2D eigenvalue weighted by Crippen LogP contribution is -2.45. The summed E-state index contributed by atoms with van der Waals surface area (Å²) in [6.45, 7) is 4.94. The number of carbonyl (C=O) groups is 1. The minimum atomic E-state index is -3.48. The predicted molar refractivity (Wildman–Crippen MR) is 92.2 cm³/mol. The van der Waals surface area contributed by atoms with Gasteiger partial charge < -0.3 is 10.2 Å². The molecule has 2 N–H and O–H groups in total. The van der Waals surface area contributed by atoms with Crippen molar-refractivity contribution in [2.45, 2.75) is 63.1 Å². The number of hydrogen-bond acceptors (Lipinski definition) is 3. The zero-order chi connectivity index (χ0) is 17.3. The Morgan fingerprint density at radius 3 is 2.62 bits per heavy atom. The Hall–Kier alpha value is -1.60. The SMILES string of the molecule is CC(C)NC(=O)N1CCc2ccc(S(=O)(=O)NC3CCC3)cc2C1. The standard InChI is InChI=1S/C17H25N3O3S/c1-12(2)18-17(21)20-9-8-13-6-7-16(10-14(13)11-20)24(22,23)19-15-4-3-5-15/h6-7,10,12,15,19H,3-5,8-9,11H2,1-2H3,(H,18,21). The first kappa shape index (κ1) is 17.2. The van der Waals surface area contributed by atoms with E-state index in [0.29, 0.717) is 18.0 Å². The molecule has 0 saturated heterocycles. The number of benzene rings is 1. The molecule has 0 bridgehead atoms. The summed E-state index contributed by atoms with van der Waals surface area (Å²) in [4.78, 5) is 14.2. The lowest BCUT2D eigenvalue weighted by Gasteiger charge is -2.30. The highest BCUT2D eigenvalue weighted by molar-refractivity contribution is 7.89. The maximum Gasteiger partial charge on any atom is 0.317 e. The third-order valence-electron chi connectivity index (χ3n) is 4.63. The molecule has 0 unspecified atom stereocenters. The molecule has 2 aliphatic rings. The molecule has 0 radical (unpaired) electrons. The molecule has 3 rings (SSSR count). The highest BCUT2D eigenvalue weighted by Gasteiger charge is 2.27. The fourth-order valence-corrected chi connectivity index (χ4v) is 4.38. The number of nitrogens with zero attached hydrogens (tertiary/aromatic N) is 1. The molecule has 1 saturated carbocycles. The monoisotopic (exact) mass is 351 g/mol. The van der Waals surface area contributed by atoms with Crippen LogP contribution in [-0.2, 0) is 23.0 Å². The van der Waals surface area contributed by atoms with Crippen LogP contribution in [0.15, 0.2) is 23.1 Å². The Balaban J connectivity index is 1.76. The van der Waals surface area contributed by atoms with E-state index in [-0.39, 0.29) is 18.1 Å². The van der Waals surface area contributed by atoms with E-state index in [1.165, 1.54) is 0 Å². The van der Waals surface area contributed by atoms with Crippen LogP contribution in [0.4, 0.5) is 4.79 Å². The third-order valence-corrected chi connectivity index (χ3v) is 6.14. The summed E-state index contributed by atoms with van der Waals surface area (Å²) >= 11 is 0. The number of hydrogen-bond donors (Lipinski definition) is 2. The van der Waals surface area contributed by atoms with Gasteiger partial charge in [0.1, 0.15) is 0 Å². The molecule has 0 atom stereocenters. The summed E-state index contributed by atoms with van der Waals surface area (Å²) in [5.41, 5.74) is 2.03. The largest absolute Gasteiger partial charge is 0.336 e. The number of fused-ring (bicyclic) bond motifs is 1. The van der Waals surface area contributed by atoms with E-state index in [4.69, 9.17) is 0 Å². The fourth-order valence-electron chi connectivity index (χ4n) is 3.03. The molecule has 7 heteroatoms. The van der Waals surface area contributed by atoms with Gasteiger partial charge >= 0.3 is 6.03 Å². The van der Waals surface area contributed by atoms with Crippen molar-refractivity contribution in [3.8, 4) is 0 Å². The second-order valence-electron chi connectivity index (χ2n) is 6.96. The minimum Gasteiger partial charge on any atom is -0.336 e. The molecule has 1 heterocycles. The average molecular weight is 351 g/mol. The lowest BCUT2D eigenvalue weighted by molar-refractivity contribution is 0.190. The second-order valence-corrected chi connectivity index (χ2v) is 8.67. The maximum absolute atomic E-state index is 12.5. The first-order valence-electron chi connectivity index (χ1n) is 8.55. The van der Waals surface area contributed by atoms with Crippen LogP contribution < -0.4 is 10.0 Å². The molecule has 1 aliphatic heterocycles. The van der Waals surface area contributed by atoms with E-state index in [9.17, 15) is 13.2 Å². The zero-order valence-corrected chi connectivity index (χ0v) is 15.0. The summed E-state index contributed by atoms with van der Waals surface area (Å²) < 4.78 is 27.7. The molecule has 6 nitrogen and oxygen atoms in total. The van der Waals surface area contributed by atoms with Crippen molar-refractivity contribution in [2.24, 2.45) is 0 Å². The second kappa shape index (κ2) is 6.72. The van der Waals surface area contributed by atoms with Gasteiger partial charge in [-0.1, -0.05) is 12.5 Å². The highest BCUT2D eigenvalue weighted by Crippen LogP contribution is 2.25. The van der Waals surface area contributed by atoms with Crippen molar-refractivity contribution in [1.82, 2.24) is 14.9 Å². The maximum atomic E-state index is 12.5. The minimum absolute atomic E-state index is 0.0688. The van der Waals surface area contributed by atoms with Gasteiger partial charge in [-0.15, -0.1) is 0 Å². The number of carbonyl (C=O) groups excluding carboxylic acids is 1. The number of amides is 2. The number of urea groups is 1. The van der Waals surface area contributed by atoms with Crippen LogP contribution in [0.5, 0.6) is 0 Å². The average Bonchev–Trinajstić information content (AvgIpc) is 2.49. The van der Waals surface area contributed by atoms with E-state index in [1.807, 2.05) is 19.9 Å². The molecular formula is C17H25N3O3S. The first-order valence-corrected chi connectivity index (χ1v) is 10.0. The summed E-state index contributed by atoms with van der Waals surface area (Å²) in [6.07, 6.45) is 3.65. The molecule has 0 aromatic heterocycles. The Bertz CT molecular complexity index is 727. The van der Waals surface area contributed by atoms with Gasteiger partial charge in [-0.25, -0.2) is 17.9 Å². The van der Waals surface area contributed by atoms with Crippen LogP contribution in [0.1, 0.15) is 44.2 Å². The number of sulfonamides is 1. The Kier molecular flexibility index (Phi) is 4.83. The van der Waals surface area contributed by atoms with Gasteiger partial charge in [0.25, 0.3) is 0 Å². The summed E-state index contributed by atoms with van der Waals surface area (Å²) in [6, 6.07) is 5.31. The van der Waals surface area contributed by atoms with Crippen molar-refractivity contribution in [3.05, 3.63) is 29.3 Å². The third kappa shape index (κ3) is 3.72. The van der Waals surface area contributed by atoms with E-state index in [2.05, 4.69) is 10.0 Å². The van der Waals surface area contributed by atoms with Crippen molar-refractivity contribution in [2.75, 3.05) is 6.54 Å². The molecule has 2 amide bonds. The van der Waals surface area contributed by atoms with E-state index >= 15 is 0 Å². The van der Waals surface area contributed by atoms with Crippen molar-refractivity contribution >= 4 is 16.1 Å². The molecule has 24 heavy (non-hydrogen) atoms. The number of nitrogens with one attached hydrogen (secondary N) is 2. The van der Waals surface area contributed by atoms with Crippen LogP contribution >= 0.6 is 0 Å². The van der Waals surface area contributed by atoms with Gasteiger partial charge in [0.15, 0.2) is 0 Å². The van der Waals surface area contributed by atoms with Gasteiger partial charge in [0, 0.05) is 25.2 Å². The topological polar surface area (TPSA) is 78.5 Å². The van der Waals surface area contributed by atoms with Crippen LogP contribution in [0.25, 0.3) is 0 Å². The summed E-state index contributed by atoms with van der Waals surface area (Å²) in [5, 5.41) is 2.89. The van der Waals surface area contributed by atoms with Gasteiger partial charge in [-0.05, 0) is 56.4 Å². The van der Waals surface area contributed by atoms with Crippen molar-refractivity contribution in [1.29, 1.82) is 0 Å². The molecule has 132 valence electrons. The molecule has 1 aromatic rings. The Morgan fingerprint density at radius 1 is 1.25 bits per heavy atom. The van der Waals surface area contributed by atoms with Crippen LogP contribution in [-0.4, -0.2) is 38.0 Å². The normalized spacial score (nSPS) is 18.2. The molecular weight excluding hydrogens is 326 g/mol. The first-order chi connectivity index (χ1) is 11.3. The van der Waals surface area contributed by atoms with Crippen LogP contribution in [0, 0.1) is 0 Å². The van der Waals surface area contributed by atoms with Crippen molar-refractivity contribution in [3.63, 3.8) is 0 Å². The predicted octanol–water partition coefficient (Wildman–Crippen LogP) is 1.99. The van der Waals surface area contributed by atoms with Gasteiger partial charge in [0.2, 0.25) is 10.0 Å². The van der Waals surface area contributed by atoms with Crippen molar-refractivity contribution < 1.29 is 13.2 Å². The van der Waals surface area contributed by atoms with E-state index < -0.39 is 10.0 Å². The lowest BCUT2D eigenvalue weighted by atomic mass is 9.94. The summed E-state index contributed by atoms with van der Waals surface area (Å²) in [5.74, 6) is 0. The fraction of sp³-hybridized carbons (Fsp3) is 0.588. The Labute approximate surface area is 143 Å². The molecule has 1 fully saturated rings.